The first-order chi connectivity index (χ1) is 12.6. The largest absolute Gasteiger partial charge is 0.337 e. The Bertz CT molecular complexity index is 703. The van der Waals surface area contributed by atoms with Crippen molar-refractivity contribution in [2.45, 2.75) is 50.6 Å². The highest BCUT2D eigenvalue weighted by atomic mass is 15.3. The van der Waals surface area contributed by atoms with Gasteiger partial charge in [-0.1, -0.05) is 24.3 Å². The lowest BCUT2D eigenvalue weighted by molar-refractivity contribution is -0.920. The van der Waals surface area contributed by atoms with Gasteiger partial charge in [-0.2, -0.15) is 0 Å². The Morgan fingerprint density at radius 2 is 1.69 bits per heavy atom. The highest BCUT2D eigenvalue weighted by Gasteiger charge is 2.34. The summed E-state index contributed by atoms with van der Waals surface area (Å²) in [7, 11) is 4.80. The van der Waals surface area contributed by atoms with E-state index < -0.39 is 0 Å². The summed E-state index contributed by atoms with van der Waals surface area (Å²) in [6.45, 7) is 2.36. The number of hydrogen-bond acceptors (Lipinski definition) is 3. The summed E-state index contributed by atoms with van der Waals surface area (Å²) in [5.74, 6) is 0.895. The van der Waals surface area contributed by atoms with E-state index in [-0.39, 0.29) is 0 Å². The lowest BCUT2D eigenvalue weighted by Crippen LogP contribution is -2.53. The fourth-order valence-corrected chi connectivity index (χ4v) is 4.85. The quantitative estimate of drug-likeness (QED) is 0.773. The second-order valence-corrected chi connectivity index (χ2v) is 8.51. The first-order valence-electron chi connectivity index (χ1n) is 10.1. The Hall–Kier alpha value is -1.94. The van der Waals surface area contributed by atoms with Crippen LogP contribution in [0, 0.1) is 0 Å². The number of nitrogens with zero attached hydrogens (tertiary/aromatic N) is 4. The van der Waals surface area contributed by atoms with Crippen molar-refractivity contribution in [3.63, 3.8) is 0 Å². The Kier molecular flexibility index (Phi) is 4.94. The van der Waals surface area contributed by atoms with E-state index in [2.05, 4.69) is 53.2 Å². The maximum absolute atomic E-state index is 4.60. The van der Waals surface area contributed by atoms with Crippen molar-refractivity contribution in [3.05, 3.63) is 53.9 Å². The number of anilines is 1. The molecule has 1 atom stereocenters. The number of benzene rings is 1. The number of piperidine rings is 1. The molecule has 0 bridgehead atoms. The number of aromatic nitrogens is 2. The fourth-order valence-electron chi connectivity index (χ4n) is 4.85. The third-order valence-electron chi connectivity index (χ3n) is 6.49. The van der Waals surface area contributed by atoms with Gasteiger partial charge in [-0.3, -0.25) is 0 Å². The fraction of sp³-hybridized carbons (Fsp3) is 0.545. The molecule has 26 heavy (non-hydrogen) atoms. The minimum atomic E-state index is 0.481. The average Bonchev–Trinajstić information content (AvgIpc) is 3.07. The average molecular weight is 352 g/mol. The number of quaternary nitrogens is 1. The minimum absolute atomic E-state index is 0.481. The van der Waals surface area contributed by atoms with Crippen LogP contribution in [0.4, 0.5) is 5.95 Å². The maximum Gasteiger partial charge on any atom is 0.225 e. The van der Waals surface area contributed by atoms with E-state index in [1.165, 1.54) is 43.4 Å². The van der Waals surface area contributed by atoms with Crippen molar-refractivity contribution in [3.8, 4) is 0 Å². The van der Waals surface area contributed by atoms with Gasteiger partial charge in [0.2, 0.25) is 5.95 Å². The van der Waals surface area contributed by atoms with Crippen LogP contribution in [0.3, 0.4) is 0 Å². The van der Waals surface area contributed by atoms with Gasteiger partial charge in [0, 0.05) is 31.4 Å². The lowest BCUT2D eigenvalue weighted by Gasteiger charge is -2.42. The van der Waals surface area contributed by atoms with E-state index in [1.54, 1.807) is 0 Å². The van der Waals surface area contributed by atoms with Crippen LogP contribution in [0.25, 0.3) is 0 Å². The molecule has 0 spiro atoms. The monoisotopic (exact) mass is 351 g/mol. The van der Waals surface area contributed by atoms with Gasteiger partial charge in [-0.05, 0) is 49.3 Å². The van der Waals surface area contributed by atoms with Crippen molar-refractivity contribution in [2.75, 3.05) is 32.1 Å². The molecule has 4 rings (SSSR count). The molecule has 0 saturated carbocycles. The van der Waals surface area contributed by atoms with Crippen LogP contribution in [0.15, 0.2) is 42.7 Å². The zero-order valence-corrected chi connectivity index (χ0v) is 16.1. The first kappa shape index (κ1) is 17.5. The van der Waals surface area contributed by atoms with E-state index in [1.807, 2.05) is 18.5 Å². The Labute approximate surface area is 157 Å². The molecule has 1 unspecified atom stereocenters. The highest BCUT2D eigenvalue weighted by molar-refractivity contribution is 5.40. The molecule has 1 aromatic carbocycles. The van der Waals surface area contributed by atoms with Crippen LogP contribution in [0.2, 0.25) is 0 Å². The van der Waals surface area contributed by atoms with Gasteiger partial charge in [-0.15, -0.1) is 0 Å². The Morgan fingerprint density at radius 1 is 1.00 bits per heavy atom. The smallest absolute Gasteiger partial charge is 0.225 e. The summed E-state index contributed by atoms with van der Waals surface area (Å²) in [6.07, 6.45) is 11.3. The predicted molar refractivity (Wildman–Crippen MR) is 106 cm³/mol. The van der Waals surface area contributed by atoms with Gasteiger partial charge in [0.05, 0.1) is 26.7 Å². The van der Waals surface area contributed by atoms with Crippen LogP contribution >= 0.6 is 0 Å². The zero-order valence-electron chi connectivity index (χ0n) is 16.1. The molecular formula is C22H31N4+. The topological polar surface area (TPSA) is 29.0 Å². The van der Waals surface area contributed by atoms with Crippen molar-refractivity contribution >= 4 is 5.95 Å². The summed E-state index contributed by atoms with van der Waals surface area (Å²) in [5, 5.41) is 0. The first-order valence-corrected chi connectivity index (χ1v) is 10.1. The van der Waals surface area contributed by atoms with Crippen molar-refractivity contribution in [2.24, 2.45) is 0 Å². The third-order valence-corrected chi connectivity index (χ3v) is 6.49. The van der Waals surface area contributed by atoms with Crippen LogP contribution in [0.1, 0.15) is 36.8 Å². The Balaban J connectivity index is 1.51. The highest BCUT2D eigenvalue weighted by Crippen LogP contribution is 2.29. The molecule has 0 radical (unpaired) electrons. The molecule has 1 aromatic heterocycles. The lowest BCUT2D eigenvalue weighted by atomic mass is 9.97. The van der Waals surface area contributed by atoms with E-state index in [0.717, 1.165) is 35.9 Å². The molecule has 2 aliphatic rings. The summed E-state index contributed by atoms with van der Waals surface area (Å²) in [4.78, 5) is 11.7. The van der Waals surface area contributed by atoms with Gasteiger partial charge >= 0.3 is 0 Å². The van der Waals surface area contributed by atoms with Crippen LogP contribution in [-0.4, -0.2) is 53.7 Å². The summed E-state index contributed by atoms with van der Waals surface area (Å²) in [6, 6.07) is 12.0. The van der Waals surface area contributed by atoms with E-state index in [0.29, 0.717) is 6.04 Å². The number of fused-ring (bicyclic) bond motifs is 1. The number of rotatable bonds is 5. The molecule has 2 heterocycles. The SMILES string of the molecule is C[N+]1(C)CCCCC1CCN(c1ncccn1)C1Cc2ccccc2C1. The molecule has 4 heteroatoms. The summed E-state index contributed by atoms with van der Waals surface area (Å²) in [5.41, 5.74) is 2.99. The minimum Gasteiger partial charge on any atom is -0.337 e. The van der Waals surface area contributed by atoms with Gasteiger partial charge in [-0.25, -0.2) is 9.97 Å². The predicted octanol–water partition coefficient (Wildman–Crippen LogP) is 3.47. The Morgan fingerprint density at radius 3 is 2.35 bits per heavy atom. The van der Waals surface area contributed by atoms with Gasteiger partial charge in [0.1, 0.15) is 0 Å². The molecule has 1 aliphatic carbocycles. The van der Waals surface area contributed by atoms with Crippen molar-refractivity contribution in [1.82, 2.24) is 9.97 Å². The molecular weight excluding hydrogens is 320 g/mol. The molecule has 1 fully saturated rings. The van der Waals surface area contributed by atoms with Crippen LogP contribution in [0.5, 0.6) is 0 Å². The molecule has 138 valence electrons. The molecule has 1 saturated heterocycles. The third kappa shape index (κ3) is 3.61. The second kappa shape index (κ2) is 7.36. The van der Waals surface area contributed by atoms with E-state index >= 15 is 0 Å². The molecule has 0 N–H and O–H groups in total. The molecule has 4 nitrogen and oxygen atoms in total. The summed E-state index contributed by atoms with van der Waals surface area (Å²) < 4.78 is 1.16. The number of likely N-dealkylation sites (tertiary alicyclic amines) is 1. The van der Waals surface area contributed by atoms with Crippen LogP contribution in [-0.2, 0) is 12.8 Å². The molecule has 2 aromatic rings. The normalized spacial score (nSPS) is 22.2. The van der Waals surface area contributed by atoms with E-state index in [9.17, 15) is 0 Å². The summed E-state index contributed by atoms with van der Waals surface area (Å²) >= 11 is 0. The molecule has 0 amide bonds. The van der Waals surface area contributed by atoms with Crippen molar-refractivity contribution in [1.29, 1.82) is 0 Å². The standard InChI is InChI=1S/C22H31N4/c1-26(2)15-6-5-10-21(26)11-14-25(22-23-12-7-13-24-22)20-16-18-8-3-4-9-19(18)17-20/h3-4,7-9,12-13,20-21H,5-6,10-11,14-17H2,1-2H3/q+1. The zero-order chi connectivity index (χ0) is 18.0. The van der Waals surface area contributed by atoms with Crippen LogP contribution < -0.4 is 4.90 Å². The van der Waals surface area contributed by atoms with E-state index in [4.69, 9.17) is 0 Å². The van der Waals surface area contributed by atoms with Gasteiger partial charge in [0.25, 0.3) is 0 Å². The molecule has 1 aliphatic heterocycles. The van der Waals surface area contributed by atoms with Gasteiger partial charge in [0.15, 0.2) is 0 Å². The maximum atomic E-state index is 4.60. The van der Waals surface area contributed by atoms with Gasteiger partial charge < -0.3 is 9.38 Å². The van der Waals surface area contributed by atoms with Crippen molar-refractivity contribution < 1.29 is 4.48 Å². The number of hydrogen-bond donors (Lipinski definition) is 0. The second-order valence-electron chi connectivity index (χ2n) is 8.51.